The highest BCUT2D eigenvalue weighted by Gasteiger charge is 2.17. The average molecular weight is 205 g/mol. The van der Waals surface area contributed by atoms with Crippen LogP contribution < -0.4 is 0 Å². The summed E-state index contributed by atoms with van der Waals surface area (Å²) in [5, 5.41) is 9.44. The van der Waals surface area contributed by atoms with E-state index in [0.717, 1.165) is 0 Å². The Labute approximate surface area is 91.5 Å². The molecule has 0 aromatic heterocycles. The molecule has 0 saturated carbocycles. The smallest absolute Gasteiger partial charge is 0.115 e. The van der Waals surface area contributed by atoms with Gasteiger partial charge in [-0.15, -0.1) is 0 Å². The van der Waals surface area contributed by atoms with Gasteiger partial charge in [0.1, 0.15) is 5.75 Å². The van der Waals surface area contributed by atoms with E-state index in [0.29, 0.717) is 11.8 Å². The first-order chi connectivity index (χ1) is 7.27. The Bertz CT molecular complexity index is 318. The Morgan fingerprint density at radius 3 is 2.60 bits per heavy atom. The molecular formula is C13H19NO. The normalized spacial score (nSPS) is 20.1. The highest BCUT2D eigenvalue weighted by Crippen LogP contribution is 2.25. The van der Waals surface area contributed by atoms with Crippen molar-refractivity contribution in [3.05, 3.63) is 29.8 Å². The van der Waals surface area contributed by atoms with Gasteiger partial charge in [-0.2, -0.15) is 0 Å². The summed E-state index contributed by atoms with van der Waals surface area (Å²) in [5.74, 6) is 0.372. The monoisotopic (exact) mass is 205 g/mol. The summed E-state index contributed by atoms with van der Waals surface area (Å²) in [6, 6.07) is 8.05. The van der Waals surface area contributed by atoms with E-state index in [4.69, 9.17) is 0 Å². The number of hydrogen-bond donors (Lipinski definition) is 1. The molecule has 1 atom stereocenters. The number of phenolic OH excluding ortho intramolecular Hbond substituents is 1. The molecular weight excluding hydrogens is 186 g/mol. The van der Waals surface area contributed by atoms with Gasteiger partial charge in [-0.3, -0.25) is 4.90 Å². The van der Waals surface area contributed by atoms with E-state index < -0.39 is 0 Å². The van der Waals surface area contributed by atoms with Crippen LogP contribution in [0.15, 0.2) is 24.3 Å². The highest BCUT2D eigenvalue weighted by atomic mass is 16.3. The topological polar surface area (TPSA) is 23.5 Å². The second-order valence-corrected chi connectivity index (χ2v) is 4.37. The summed E-state index contributed by atoms with van der Waals surface area (Å²) >= 11 is 0. The van der Waals surface area contributed by atoms with Crippen LogP contribution in [0.5, 0.6) is 5.75 Å². The molecule has 2 rings (SSSR count). The van der Waals surface area contributed by atoms with E-state index in [1.165, 1.54) is 37.9 Å². The summed E-state index contributed by atoms with van der Waals surface area (Å²) in [4.78, 5) is 2.50. The first-order valence-corrected chi connectivity index (χ1v) is 5.80. The molecule has 2 heteroatoms. The van der Waals surface area contributed by atoms with Crippen LogP contribution in [0.1, 0.15) is 37.8 Å². The number of likely N-dealkylation sites (tertiary alicyclic amines) is 1. The van der Waals surface area contributed by atoms with Gasteiger partial charge in [-0.05, 0) is 50.6 Å². The Hall–Kier alpha value is -1.02. The number of aromatic hydroxyl groups is 1. The highest BCUT2D eigenvalue weighted by molar-refractivity contribution is 5.29. The number of benzene rings is 1. The predicted molar refractivity (Wildman–Crippen MR) is 61.9 cm³/mol. The van der Waals surface area contributed by atoms with E-state index >= 15 is 0 Å². The molecule has 0 aliphatic carbocycles. The van der Waals surface area contributed by atoms with Gasteiger partial charge in [0.05, 0.1) is 0 Å². The second-order valence-electron chi connectivity index (χ2n) is 4.37. The average Bonchev–Trinajstić information content (AvgIpc) is 2.29. The molecule has 1 saturated heterocycles. The maximum absolute atomic E-state index is 9.44. The van der Waals surface area contributed by atoms with Crippen molar-refractivity contribution in [1.82, 2.24) is 4.90 Å². The van der Waals surface area contributed by atoms with E-state index in [-0.39, 0.29) is 0 Å². The molecule has 1 aromatic carbocycles. The number of hydrogen-bond acceptors (Lipinski definition) is 2. The summed E-state index contributed by atoms with van der Waals surface area (Å²) in [7, 11) is 0. The minimum Gasteiger partial charge on any atom is -0.508 e. The first-order valence-electron chi connectivity index (χ1n) is 5.80. The molecule has 1 heterocycles. The van der Waals surface area contributed by atoms with Gasteiger partial charge in [-0.1, -0.05) is 18.6 Å². The summed E-state index contributed by atoms with van der Waals surface area (Å²) in [6.45, 7) is 4.60. The van der Waals surface area contributed by atoms with Crippen molar-refractivity contribution >= 4 is 0 Å². The maximum Gasteiger partial charge on any atom is 0.115 e. The van der Waals surface area contributed by atoms with Crippen LogP contribution in [0.3, 0.4) is 0 Å². The van der Waals surface area contributed by atoms with Gasteiger partial charge < -0.3 is 5.11 Å². The molecule has 0 radical (unpaired) electrons. The minimum absolute atomic E-state index is 0.372. The van der Waals surface area contributed by atoms with Gasteiger partial charge in [-0.25, -0.2) is 0 Å². The lowest BCUT2D eigenvalue weighted by Crippen LogP contribution is -2.32. The molecule has 1 aliphatic rings. The molecule has 2 nitrogen and oxygen atoms in total. The van der Waals surface area contributed by atoms with E-state index in [1.807, 2.05) is 12.1 Å². The van der Waals surface area contributed by atoms with Gasteiger partial charge in [0, 0.05) is 6.04 Å². The zero-order chi connectivity index (χ0) is 10.7. The molecule has 82 valence electrons. The third-order valence-corrected chi connectivity index (χ3v) is 3.29. The van der Waals surface area contributed by atoms with Crippen LogP contribution in [0, 0.1) is 0 Å². The molecule has 0 bridgehead atoms. The van der Waals surface area contributed by atoms with Crippen molar-refractivity contribution in [3.63, 3.8) is 0 Å². The third-order valence-electron chi connectivity index (χ3n) is 3.29. The van der Waals surface area contributed by atoms with Crippen LogP contribution in [-0.4, -0.2) is 23.1 Å². The fourth-order valence-corrected chi connectivity index (χ4v) is 2.30. The molecule has 1 unspecified atom stereocenters. The number of nitrogens with zero attached hydrogens (tertiary/aromatic N) is 1. The largest absolute Gasteiger partial charge is 0.508 e. The second kappa shape index (κ2) is 4.67. The summed E-state index contributed by atoms with van der Waals surface area (Å²) in [5.41, 5.74) is 1.22. The Kier molecular flexibility index (Phi) is 3.27. The van der Waals surface area contributed by atoms with Gasteiger partial charge in [0.15, 0.2) is 0 Å². The van der Waals surface area contributed by atoms with Crippen LogP contribution >= 0.6 is 0 Å². The third kappa shape index (κ3) is 2.51. The maximum atomic E-state index is 9.44. The number of rotatable bonds is 2. The van der Waals surface area contributed by atoms with E-state index in [9.17, 15) is 5.11 Å². The van der Waals surface area contributed by atoms with Crippen molar-refractivity contribution in [2.24, 2.45) is 0 Å². The fourth-order valence-electron chi connectivity index (χ4n) is 2.30. The first kappa shape index (κ1) is 10.5. The summed E-state index contributed by atoms with van der Waals surface area (Å²) in [6.07, 6.45) is 3.98. The van der Waals surface area contributed by atoms with Gasteiger partial charge in [0.2, 0.25) is 0 Å². The lowest BCUT2D eigenvalue weighted by Gasteiger charge is -2.32. The minimum atomic E-state index is 0.372. The zero-order valence-electron chi connectivity index (χ0n) is 9.32. The van der Waals surface area contributed by atoms with Crippen LogP contribution in [0.4, 0.5) is 0 Å². The summed E-state index contributed by atoms with van der Waals surface area (Å²) < 4.78 is 0. The van der Waals surface area contributed by atoms with E-state index in [2.05, 4.69) is 17.9 Å². The Morgan fingerprint density at radius 1 is 1.20 bits per heavy atom. The molecule has 1 fully saturated rings. The quantitative estimate of drug-likeness (QED) is 0.802. The predicted octanol–water partition coefficient (Wildman–Crippen LogP) is 2.94. The van der Waals surface area contributed by atoms with Crippen molar-refractivity contribution < 1.29 is 5.11 Å². The van der Waals surface area contributed by atoms with Crippen molar-refractivity contribution in [2.45, 2.75) is 32.2 Å². The Balaban J connectivity index is 2.08. The molecule has 1 N–H and O–H groups in total. The Morgan fingerprint density at radius 2 is 1.93 bits per heavy atom. The molecule has 15 heavy (non-hydrogen) atoms. The molecule has 0 amide bonds. The lowest BCUT2D eigenvalue weighted by molar-refractivity contribution is 0.174. The van der Waals surface area contributed by atoms with Crippen LogP contribution in [0.2, 0.25) is 0 Å². The molecule has 1 aromatic rings. The SMILES string of the molecule is CC(c1cccc(O)c1)N1CCCCC1. The van der Waals surface area contributed by atoms with Crippen LogP contribution in [0.25, 0.3) is 0 Å². The molecule has 1 aliphatic heterocycles. The number of phenols is 1. The zero-order valence-corrected chi connectivity index (χ0v) is 9.32. The van der Waals surface area contributed by atoms with Gasteiger partial charge in [0.25, 0.3) is 0 Å². The molecule has 0 spiro atoms. The van der Waals surface area contributed by atoms with Crippen molar-refractivity contribution in [3.8, 4) is 5.75 Å². The van der Waals surface area contributed by atoms with E-state index in [1.54, 1.807) is 6.07 Å². The van der Waals surface area contributed by atoms with Crippen molar-refractivity contribution in [1.29, 1.82) is 0 Å². The number of piperidine rings is 1. The van der Waals surface area contributed by atoms with Gasteiger partial charge >= 0.3 is 0 Å². The lowest BCUT2D eigenvalue weighted by atomic mass is 10.0. The fraction of sp³-hybridized carbons (Fsp3) is 0.538. The van der Waals surface area contributed by atoms with Crippen molar-refractivity contribution in [2.75, 3.05) is 13.1 Å². The standard InChI is InChI=1S/C13H19NO/c1-11(14-8-3-2-4-9-14)12-6-5-7-13(15)10-12/h5-7,10-11,15H,2-4,8-9H2,1H3. The van der Waals surface area contributed by atoms with Crippen LogP contribution in [-0.2, 0) is 0 Å².